The number of ether oxygens (including phenoxy) is 2. The van der Waals surface area contributed by atoms with Gasteiger partial charge in [0, 0.05) is 4.88 Å². The van der Waals surface area contributed by atoms with Crippen molar-refractivity contribution in [3.8, 4) is 17.0 Å². The molecule has 0 bridgehead atoms. The highest BCUT2D eigenvalue weighted by molar-refractivity contribution is 7.09. The highest BCUT2D eigenvalue weighted by Gasteiger charge is 2.18. The first-order valence-electron chi connectivity index (χ1n) is 9.22. The quantitative estimate of drug-likeness (QED) is 0.434. The summed E-state index contributed by atoms with van der Waals surface area (Å²) >= 11 is 1.01. The van der Waals surface area contributed by atoms with E-state index in [1.807, 2.05) is 0 Å². The highest BCUT2D eigenvalue weighted by Crippen LogP contribution is 2.25. The third kappa shape index (κ3) is 5.01. The van der Waals surface area contributed by atoms with Crippen LogP contribution >= 0.6 is 11.3 Å². The molecule has 3 rings (SSSR count). The number of nitrogens with zero attached hydrogens (tertiary/aromatic N) is 1. The molecule has 2 aromatic carbocycles. The van der Waals surface area contributed by atoms with Gasteiger partial charge in [-0.1, -0.05) is 11.3 Å². The summed E-state index contributed by atoms with van der Waals surface area (Å²) in [4.78, 5) is 37.0. The number of thiazole rings is 1. The normalized spacial score (nSPS) is 10.8. The number of aryl methyl sites for hydroxylation is 1. The van der Waals surface area contributed by atoms with Gasteiger partial charge in [-0.05, 0) is 74.9 Å². The van der Waals surface area contributed by atoms with Crippen LogP contribution in [0.2, 0.25) is 0 Å². The van der Waals surface area contributed by atoms with Crippen LogP contribution in [-0.4, -0.2) is 22.6 Å². The molecule has 0 spiro atoms. The number of hydrogen-bond donors (Lipinski definition) is 0. The van der Waals surface area contributed by atoms with Gasteiger partial charge < -0.3 is 9.47 Å². The van der Waals surface area contributed by atoms with Gasteiger partial charge >= 0.3 is 16.8 Å². The maximum Gasteiger partial charge on any atom is 0.338 e. The minimum absolute atomic E-state index is 0.238. The van der Waals surface area contributed by atoms with Crippen LogP contribution in [0.15, 0.2) is 53.3 Å². The van der Waals surface area contributed by atoms with Crippen LogP contribution in [0.25, 0.3) is 11.3 Å². The van der Waals surface area contributed by atoms with Gasteiger partial charge in [0.05, 0.1) is 17.4 Å². The van der Waals surface area contributed by atoms with E-state index in [9.17, 15) is 18.8 Å². The molecule has 0 saturated heterocycles. The minimum Gasteiger partial charge on any atom is -0.459 e. The van der Waals surface area contributed by atoms with E-state index in [4.69, 9.17) is 9.47 Å². The molecule has 1 aromatic heterocycles. The number of halogens is 1. The Balaban J connectivity index is 1.75. The number of aromatic nitrogens is 1. The predicted octanol–water partition coefficient (Wildman–Crippen LogP) is 4.20. The molecule has 30 heavy (non-hydrogen) atoms. The van der Waals surface area contributed by atoms with Crippen molar-refractivity contribution in [1.29, 1.82) is 0 Å². The zero-order valence-corrected chi connectivity index (χ0v) is 17.5. The Morgan fingerprint density at radius 1 is 1.07 bits per heavy atom. The van der Waals surface area contributed by atoms with Gasteiger partial charge in [0.25, 0.3) is 0 Å². The first-order valence-corrected chi connectivity index (χ1v) is 10.0. The van der Waals surface area contributed by atoms with Crippen LogP contribution in [0.3, 0.4) is 0 Å². The summed E-state index contributed by atoms with van der Waals surface area (Å²) in [5.74, 6) is -1.26. The molecule has 0 saturated carbocycles. The van der Waals surface area contributed by atoms with Gasteiger partial charge in [-0.3, -0.25) is 9.36 Å². The molecule has 8 heteroatoms. The Labute approximate surface area is 176 Å². The van der Waals surface area contributed by atoms with E-state index < -0.39 is 11.9 Å². The molecule has 0 N–H and O–H groups in total. The fourth-order valence-electron chi connectivity index (χ4n) is 2.86. The van der Waals surface area contributed by atoms with Gasteiger partial charge in [0.2, 0.25) is 0 Å². The van der Waals surface area contributed by atoms with Crippen molar-refractivity contribution in [3.05, 3.63) is 74.5 Å². The second-order valence-electron chi connectivity index (χ2n) is 6.82. The molecule has 0 aliphatic carbocycles. The topological polar surface area (TPSA) is 74.6 Å². The Bertz CT molecular complexity index is 1110. The number of carbonyl (C=O) groups excluding carboxylic acids is 2. The smallest absolute Gasteiger partial charge is 0.338 e. The van der Waals surface area contributed by atoms with E-state index in [1.165, 1.54) is 41.0 Å². The lowest BCUT2D eigenvalue weighted by molar-refractivity contribution is -0.135. The molecule has 0 amide bonds. The fraction of sp³-hybridized carbons (Fsp3) is 0.227. The van der Waals surface area contributed by atoms with Crippen LogP contribution in [-0.2, 0) is 16.1 Å². The fourth-order valence-corrected chi connectivity index (χ4v) is 3.71. The van der Waals surface area contributed by atoms with Crippen molar-refractivity contribution in [1.82, 2.24) is 4.57 Å². The summed E-state index contributed by atoms with van der Waals surface area (Å²) in [5.41, 5.74) is 1.52. The molecule has 0 radical (unpaired) electrons. The lowest BCUT2D eigenvalue weighted by Gasteiger charge is -2.10. The predicted molar refractivity (Wildman–Crippen MR) is 111 cm³/mol. The van der Waals surface area contributed by atoms with Gasteiger partial charge in [-0.15, -0.1) is 0 Å². The minimum atomic E-state index is -0.643. The molecule has 0 atom stereocenters. The van der Waals surface area contributed by atoms with E-state index in [0.717, 1.165) is 11.3 Å². The number of esters is 2. The molecule has 156 valence electrons. The molecule has 1 heterocycles. The second-order valence-corrected chi connectivity index (χ2v) is 7.98. The first kappa shape index (κ1) is 21.4. The molecule has 3 aromatic rings. The zero-order valence-electron chi connectivity index (χ0n) is 16.7. The number of benzene rings is 2. The summed E-state index contributed by atoms with van der Waals surface area (Å²) < 4.78 is 25.0. The highest BCUT2D eigenvalue weighted by atomic mass is 32.1. The van der Waals surface area contributed by atoms with Gasteiger partial charge in [-0.2, -0.15) is 0 Å². The SMILES string of the molecule is Cc1sc(=O)n(CC(=O)Oc2ccc(C(=O)OC(C)C)cc2)c1-c1ccc(F)cc1. The van der Waals surface area contributed by atoms with E-state index in [1.54, 1.807) is 32.9 Å². The van der Waals surface area contributed by atoms with Gasteiger partial charge in [0.1, 0.15) is 18.1 Å². The van der Waals surface area contributed by atoms with E-state index in [2.05, 4.69) is 0 Å². The third-order valence-electron chi connectivity index (χ3n) is 4.13. The van der Waals surface area contributed by atoms with E-state index >= 15 is 0 Å². The van der Waals surface area contributed by atoms with Gasteiger partial charge in [-0.25, -0.2) is 14.0 Å². The number of rotatable bonds is 6. The zero-order chi connectivity index (χ0) is 21.8. The maximum absolute atomic E-state index is 13.2. The summed E-state index contributed by atoms with van der Waals surface area (Å²) in [6.45, 7) is 4.97. The summed E-state index contributed by atoms with van der Waals surface area (Å²) in [6.07, 6.45) is -0.238. The van der Waals surface area contributed by atoms with Crippen LogP contribution in [0.1, 0.15) is 29.1 Å². The lowest BCUT2D eigenvalue weighted by Crippen LogP contribution is -2.23. The summed E-state index contributed by atoms with van der Waals surface area (Å²) in [5, 5.41) is 0. The van der Waals surface area contributed by atoms with Crippen molar-refractivity contribution >= 4 is 23.3 Å². The van der Waals surface area contributed by atoms with Crippen molar-refractivity contribution in [2.75, 3.05) is 0 Å². The van der Waals surface area contributed by atoms with Gasteiger partial charge in [0.15, 0.2) is 0 Å². The molecule has 6 nitrogen and oxygen atoms in total. The van der Waals surface area contributed by atoms with Crippen molar-refractivity contribution in [2.24, 2.45) is 0 Å². The van der Waals surface area contributed by atoms with Crippen molar-refractivity contribution in [2.45, 2.75) is 33.4 Å². The molecular weight excluding hydrogens is 409 g/mol. The van der Waals surface area contributed by atoms with Crippen molar-refractivity contribution in [3.63, 3.8) is 0 Å². The number of carbonyl (C=O) groups is 2. The van der Waals surface area contributed by atoms with Crippen LogP contribution in [0.4, 0.5) is 4.39 Å². The standard InChI is InChI=1S/C22H20FNO5S/c1-13(2)28-21(26)16-6-10-18(11-7-16)29-19(25)12-24-20(14(3)30-22(24)27)15-4-8-17(23)9-5-15/h4-11,13H,12H2,1-3H3. The number of hydrogen-bond acceptors (Lipinski definition) is 6. The average molecular weight is 429 g/mol. The van der Waals surface area contributed by atoms with Crippen LogP contribution < -0.4 is 9.61 Å². The Hall–Kier alpha value is -3.26. The Morgan fingerprint density at radius 3 is 2.30 bits per heavy atom. The van der Waals surface area contributed by atoms with Crippen molar-refractivity contribution < 1.29 is 23.5 Å². The average Bonchev–Trinajstić information content (AvgIpc) is 2.95. The molecule has 0 unspecified atom stereocenters. The largest absolute Gasteiger partial charge is 0.459 e. The van der Waals surface area contributed by atoms with Crippen LogP contribution in [0.5, 0.6) is 5.75 Å². The first-order chi connectivity index (χ1) is 14.2. The van der Waals surface area contributed by atoms with E-state index in [-0.39, 0.29) is 29.1 Å². The third-order valence-corrected chi connectivity index (χ3v) is 5.03. The Morgan fingerprint density at radius 2 is 1.70 bits per heavy atom. The summed E-state index contributed by atoms with van der Waals surface area (Å²) in [6, 6.07) is 11.7. The second kappa shape index (κ2) is 9.04. The molecule has 0 aliphatic heterocycles. The molecule has 0 fully saturated rings. The monoisotopic (exact) mass is 429 g/mol. The van der Waals surface area contributed by atoms with Crippen LogP contribution in [0, 0.1) is 12.7 Å². The Kier molecular flexibility index (Phi) is 6.47. The lowest BCUT2D eigenvalue weighted by atomic mass is 10.1. The maximum atomic E-state index is 13.2. The molecule has 0 aliphatic rings. The van der Waals surface area contributed by atoms with E-state index in [0.29, 0.717) is 21.7 Å². The summed E-state index contributed by atoms with van der Waals surface area (Å²) in [7, 11) is 0. The molecular formula is C22H20FNO5S.